The Hall–Kier alpha value is -3.21. The molecule has 0 bridgehead atoms. The zero-order valence-corrected chi connectivity index (χ0v) is 40.0. The third-order valence-electron chi connectivity index (χ3n) is 11.4. The van der Waals surface area contributed by atoms with Gasteiger partial charge in [-0.05, 0) is 89.2 Å². The molecule has 0 radical (unpaired) electrons. The van der Waals surface area contributed by atoms with Gasteiger partial charge in [-0.2, -0.15) is 0 Å². The normalized spacial score (nSPS) is 16.3. The van der Waals surface area contributed by atoms with Crippen LogP contribution in [0.3, 0.4) is 0 Å². The fourth-order valence-electron chi connectivity index (χ4n) is 6.79. The van der Waals surface area contributed by atoms with Crippen molar-refractivity contribution in [2.45, 2.75) is 186 Å². The van der Waals surface area contributed by atoms with Gasteiger partial charge in [-0.3, -0.25) is 4.79 Å². The van der Waals surface area contributed by atoms with Crippen molar-refractivity contribution in [3.05, 3.63) is 42.0 Å². The first-order valence-electron chi connectivity index (χ1n) is 22.3. The van der Waals surface area contributed by atoms with Crippen LogP contribution in [0, 0.1) is 17.8 Å². The summed E-state index contributed by atoms with van der Waals surface area (Å²) in [4.78, 5) is 41.7. The molecule has 1 heterocycles. The monoisotopic (exact) mass is 858 g/mol. The first-order chi connectivity index (χ1) is 28.2. The van der Waals surface area contributed by atoms with E-state index in [1.165, 1.54) is 32.8 Å². The molecule has 0 spiro atoms. The lowest BCUT2D eigenvalue weighted by atomic mass is 9.82. The second kappa shape index (κ2) is 25.7. The summed E-state index contributed by atoms with van der Waals surface area (Å²) in [6.07, 6.45) is 15.5. The second-order valence-electron chi connectivity index (χ2n) is 18.6. The molecule has 0 saturated carbocycles. The van der Waals surface area contributed by atoms with Gasteiger partial charge in [0.25, 0.3) is 0 Å². The highest BCUT2D eigenvalue weighted by Crippen LogP contribution is 2.38. The van der Waals surface area contributed by atoms with Gasteiger partial charge < -0.3 is 38.5 Å². The minimum Gasteiger partial charge on any atom is -0.481 e. The van der Waals surface area contributed by atoms with Gasteiger partial charge >= 0.3 is 11.9 Å². The van der Waals surface area contributed by atoms with Crippen molar-refractivity contribution in [3.63, 3.8) is 0 Å². The molecule has 2 rings (SSSR count). The van der Waals surface area contributed by atoms with E-state index in [2.05, 4.69) is 57.9 Å². The summed E-state index contributed by atoms with van der Waals surface area (Å²) < 4.78 is 35.2. The van der Waals surface area contributed by atoms with Gasteiger partial charge in [-0.15, -0.1) is 5.92 Å². The second-order valence-corrected chi connectivity index (χ2v) is 23.4. The Morgan fingerprint density at radius 2 is 1.53 bits per heavy atom. The SMILES string of the molecule is CC#CCOc1ccc(C[C@H](NC(=O)[C@@H](/C=C/CCCCCCC2(CCCCCCC)OCCO2)[C@@](O)(CCO[Si](C)(C)C(C)(C)C)C(=O)OC(C)(C)C)C(=O)OC)cc1. The smallest absolute Gasteiger partial charge is 0.339 e. The molecule has 1 fully saturated rings. The molecule has 1 aliphatic rings. The molecule has 11 nitrogen and oxygen atoms in total. The summed E-state index contributed by atoms with van der Waals surface area (Å²) >= 11 is 0. The number of hydrogen-bond donors (Lipinski definition) is 2. The number of carbonyl (C=O) groups is 3. The van der Waals surface area contributed by atoms with Gasteiger partial charge in [0, 0.05) is 32.3 Å². The van der Waals surface area contributed by atoms with Crippen LogP contribution in [0.4, 0.5) is 0 Å². The maximum atomic E-state index is 14.5. The largest absolute Gasteiger partial charge is 0.481 e. The van der Waals surface area contributed by atoms with E-state index in [0.29, 0.717) is 25.4 Å². The molecule has 1 aromatic rings. The van der Waals surface area contributed by atoms with Crippen molar-refractivity contribution in [1.82, 2.24) is 5.32 Å². The number of methoxy groups -OCH3 is 1. The molecule has 12 heteroatoms. The maximum Gasteiger partial charge on any atom is 0.339 e. The zero-order chi connectivity index (χ0) is 44.9. The molecular weight excluding hydrogens is 779 g/mol. The molecule has 1 aliphatic heterocycles. The highest BCUT2D eigenvalue weighted by atomic mass is 28.4. The van der Waals surface area contributed by atoms with E-state index in [9.17, 15) is 19.5 Å². The fraction of sp³-hybridized carbons (Fsp3) is 0.729. The number of esters is 2. The first kappa shape index (κ1) is 52.9. The molecule has 340 valence electrons. The van der Waals surface area contributed by atoms with E-state index >= 15 is 0 Å². The minimum absolute atomic E-state index is 0.0240. The zero-order valence-electron chi connectivity index (χ0n) is 39.0. The first-order valence-corrected chi connectivity index (χ1v) is 25.2. The van der Waals surface area contributed by atoms with Crippen LogP contribution in [0.1, 0.15) is 144 Å². The van der Waals surface area contributed by atoms with Gasteiger partial charge in [0.15, 0.2) is 19.7 Å². The summed E-state index contributed by atoms with van der Waals surface area (Å²) in [5.74, 6) is 2.06. The summed E-state index contributed by atoms with van der Waals surface area (Å²) in [5.41, 5.74) is -2.53. The number of carbonyl (C=O) groups excluding carboxylic acids is 3. The summed E-state index contributed by atoms with van der Waals surface area (Å²) in [5, 5.41) is 15.2. The van der Waals surface area contributed by atoms with E-state index in [0.717, 1.165) is 50.5 Å². The fourth-order valence-corrected chi connectivity index (χ4v) is 7.84. The Morgan fingerprint density at radius 1 is 0.933 bits per heavy atom. The van der Waals surface area contributed by atoms with E-state index in [4.69, 9.17) is 28.1 Å². The van der Waals surface area contributed by atoms with E-state index in [1.807, 2.05) is 6.08 Å². The van der Waals surface area contributed by atoms with Crippen molar-refractivity contribution in [1.29, 1.82) is 0 Å². The van der Waals surface area contributed by atoms with Crippen molar-refractivity contribution >= 4 is 26.2 Å². The van der Waals surface area contributed by atoms with E-state index in [1.54, 1.807) is 58.0 Å². The van der Waals surface area contributed by atoms with Gasteiger partial charge in [0.1, 0.15) is 24.0 Å². The standard InChI is InChI=1S/C48H79NO10Si/c1-12-14-16-20-23-30-47(56-35-36-57-47)31-24-21-18-17-19-22-25-40(48(53,44(52)59-45(3,4)5)32-34-58-60(10,11)46(6,7)8)42(50)49-41(43(51)54-9)37-38-26-28-39(29-27-38)55-33-15-13-2/h22,25-29,40-41,53H,12,14,16-21,23-24,30-37H2,1-11H3,(H,49,50)/b25-22+/t40-,41+,48+/m1/s1. The number of nitrogens with one attached hydrogen (secondary N) is 1. The lowest BCUT2D eigenvalue weighted by Crippen LogP contribution is -2.57. The number of benzene rings is 1. The quantitative estimate of drug-likeness (QED) is 0.0289. The van der Waals surface area contributed by atoms with Crippen molar-refractivity contribution in [2.24, 2.45) is 5.92 Å². The van der Waals surface area contributed by atoms with Crippen LogP contribution in [0.15, 0.2) is 36.4 Å². The Bertz CT molecular complexity index is 1530. The number of amides is 1. The highest BCUT2D eigenvalue weighted by molar-refractivity contribution is 6.74. The summed E-state index contributed by atoms with van der Waals surface area (Å²) in [6, 6.07) is 6.01. The molecule has 0 aromatic heterocycles. The highest BCUT2D eigenvalue weighted by Gasteiger charge is 2.50. The average molecular weight is 858 g/mol. The predicted octanol–water partition coefficient (Wildman–Crippen LogP) is 9.39. The van der Waals surface area contributed by atoms with E-state index in [-0.39, 0.29) is 31.1 Å². The van der Waals surface area contributed by atoms with Crippen LogP contribution >= 0.6 is 0 Å². The molecule has 1 amide bonds. The molecule has 1 saturated heterocycles. The van der Waals surface area contributed by atoms with Crippen LogP contribution in [0.25, 0.3) is 0 Å². The number of hydrogen-bond acceptors (Lipinski definition) is 10. The van der Waals surface area contributed by atoms with Gasteiger partial charge in [-0.1, -0.05) is 96.4 Å². The van der Waals surface area contributed by atoms with Crippen LogP contribution in [-0.4, -0.2) is 87.8 Å². The van der Waals surface area contributed by atoms with E-state index < -0.39 is 55.1 Å². The van der Waals surface area contributed by atoms with Crippen LogP contribution in [0.5, 0.6) is 5.75 Å². The number of rotatable bonds is 27. The number of aliphatic hydroxyl groups is 1. The van der Waals surface area contributed by atoms with Gasteiger partial charge in [0.2, 0.25) is 5.91 Å². The number of allylic oxidation sites excluding steroid dienone is 1. The third-order valence-corrected chi connectivity index (χ3v) is 16.0. The Labute approximate surface area is 363 Å². The Kier molecular flexibility index (Phi) is 22.6. The van der Waals surface area contributed by atoms with Crippen molar-refractivity contribution in [3.8, 4) is 17.6 Å². The predicted molar refractivity (Wildman–Crippen MR) is 240 cm³/mol. The molecule has 0 aliphatic carbocycles. The molecule has 0 unspecified atom stereocenters. The van der Waals surface area contributed by atoms with Crippen LogP contribution in [0.2, 0.25) is 18.1 Å². The molecule has 3 atom stereocenters. The molecular formula is C48H79NO10Si. The summed E-state index contributed by atoms with van der Waals surface area (Å²) in [7, 11) is -1.05. The lowest BCUT2D eigenvalue weighted by molar-refractivity contribution is -0.185. The molecule has 1 aromatic carbocycles. The Morgan fingerprint density at radius 3 is 2.08 bits per heavy atom. The third kappa shape index (κ3) is 18.4. The van der Waals surface area contributed by atoms with Crippen LogP contribution < -0.4 is 10.1 Å². The van der Waals surface area contributed by atoms with Gasteiger partial charge in [-0.25, -0.2) is 9.59 Å². The molecule has 2 N–H and O–H groups in total. The summed E-state index contributed by atoms with van der Waals surface area (Å²) in [6.45, 7) is 21.2. The lowest BCUT2D eigenvalue weighted by Gasteiger charge is -2.38. The topological polar surface area (TPSA) is 139 Å². The van der Waals surface area contributed by atoms with Crippen molar-refractivity contribution in [2.75, 3.05) is 33.5 Å². The number of unbranched alkanes of at least 4 members (excludes halogenated alkanes) is 8. The van der Waals surface area contributed by atoms with Gasteiger partial charge in [0.05, 0.1) is 26.2 Å². The minimum atomic E-state index is -2.32. The Balaban J connectivity index is 2.31. The average Bonchev–Trinajstić information content (AvgIpc) is 3.64. The van der Waals surface area contributed by atoms with Crippen LogP contribution in [-0.2, 0) is 44.2 Å². The number of ether oxygens (including phenoxy) is 5. The maximum absolute atomic E-state index is 14.5. The molecule has 60 heavy (non-hydrogen) atoms. The van der Waals surface area contributed by atoms with Crippen molar-refractivity contribution < 1.29 is 47.6 Å².